The molecule has 0 aromatic rings. The lowest BCUT2D eigenvalue weighted by Crippen LogP contribution is -1.96. The predicted molar refractivity (Wildman–Crippen MR) is 38.0 cm³/mol. The number of halogens is 5. The Morgan fingerprint density at radius 3 is 1.00 bits per heavy atom. The maximum atomic E-state index is 5.42. The summed E-state index contributed by atoms with van der Waals surface area (Å²) in [5.41, 5.74) is 0. The molecule has 1 aliphatic carbocycles. The summed E-state index contributed by atoms with van der Waals surface area (Å²) in [6, 6.07) is 0. The van der Waals surface area contributed by atoms with Crippen molar-refractivity contribution >= 4 is 58.0 Å². The van der Waals surface area contributed by atoms with Crippen molar-refractivity contribution in [2.45, 2.75) is 8.67 Å². The average Bonchev–Trinajstić information content (AvgIpc) is 1.88. The first kappa shape index (κ1) is 7.56. The molecule has 47 valence electrons. The molecule has 0 aromatic heterocycles. The molecular weight excluding hydrogens is 213 g/mol. The molecule has 1 saturated carbocycles. The highest BCUT2D eigenvalue weighted by atomic mass is 35.5. The SMILES string of the molecule is Cl[C]1C(Cl)(Cl)C1(Cl)Cl. The Balaban J connectivity index is 2.72. The number of hydrogen-bond acceptors (Lipinski definition) is 0. The Morgan fingerprint density at radius 2 is 1.00 bits per heavy atom. The molecule has 0 bridgehead atoms. The van der Waals surface area contributed by atoms with Gasteiger partial charge in [-0.3, -0.25) is 0 Å². The second kappa shape index (κ2) is 1.73. The van der Waals surface area contributed by atoms with Gasteiger partial charge < -0.3 is 0 Å². The van der Waals surface area contributed by atoms with Gasteiger partial charge in [0.25, 0.3) is 0 Å². The maximum absolute atomic E-state index is 5.42. The van der Waals surface area contributed by atoms with Crippen molar-refractivity contribution in [3.63, 3.8) is 0 Å². The second-order valence-electron chi connectivity index (χ2n) is 1.46. The highest BCUT2D eigenvalue weighted by Crippen LogP contribution is 2.72. The van der Waals surface area contributed by atoms with Crippen LogP contribution in [0, 0.1) is 5.38 Å². The largest absolute Gasteiger partial charge is 0.176 e. The van der Waals surface area contributed by atoms with Crippen LogP contribution in [-0.2, 0) is 0 Å². The lowest BCUT2D eigenvalue weighted by Gasteiger charge is -1.92. The van der Waals surface area contributed by atoms with E-state index in [1.54, 1.807) is 0 Å². The minimum atomic E-state index is -1.24. The summed E-state index contributed by atoms with van der Waals surface area (Å²) in [6.45, 7) is 0. The molecule has 5 heteroatoms. The molecule has 0 amide bonds. The van der Waals surface area contributed by atoms with Crippen molar-refractivity contribution in [1.29, 1.82) is 0 Å². The second-order valence-corrected chi connectivity index (χ2v) is 4.50. The zero-order valence-corrected chi connectivity index (χ0v) is 7.17. The van der Waals surface area contributed by atoms with Gasteiger partial charge in [0.2, 0.25) is 0 Å². The van der Waals surface area contributed by atoms with Crippen molar-refractivity contribution < 1.29 is 0 Å². The third-order valence-corrected chi connectivity index (χ3v) is 4.11. The third kappa shape index (κ3) is 0.741. The van der Waals surface area contributed by atoms with E-state index >= 15 is 0 Å². The molecule has 0 nitrogen and oxygen atoms in total. The molecule has 0 aliphatic heterocycles. The monoisotopic (exact) mass is 211 g/mol. The molecule has 1 fully saturated rings. The van der Waals surface area contributed by atoms with Gasteiger partial charge in [0.1, 0.15) is 5.38 Å². The van der Waals surface area contributed by atoms with Crippen molar-refractivity contribution in [2.24, 2.45) is 0 Å². The van der Waals surface area contributed by atoms with E-state index in [4.69, 9.17) is 58.0 Å². The number of alkyl halides is 4. The Bertz CT molecular complexity index is 103. The van der Waals surface area contributed by atoms with E-state index in [0.29, 0.717) is 0 Å². The van der Waals surface area contributed by atoms with E-state index in [-0.39, 0.29) is 5.38 Å². The Kier molecular flexibility index (Phi) is 1.64. The van der Waals surface area contributed by atoms with Gasteiger partial charge in [-0.05, 0) is 0 Å². The van der Waals surface area contributed by atoms with Gasteiger partial charge in [-0.25, -0.2) is 0 Å². The molecule has 0 atom stereocenters. The highest BCUT2D eigenvalue weighted by Gasteiger charge is 2.76. The molecule has 1 rings (SSSR count). The Morgan fingerprint density at radius 1 is 0.875 bits per heavy atom. The molecular formula is C3Cl5. The summed E-state index contributed by atoms with van der Waals surface area (Å²) in [6.07, 6.45) is 0. The first-order valence-electron chi connectivity index (χ1n) is 1.69. The maximum Gasteiger partial charge on any atom is 0.176 e. The van der Waals surface area contributed by atoms with Crippen LogP contribution in [0.15, 0.2) is 0 Å². The minimum absolute atomic E-state index is 0.177. The van der Waals surface area contributed by atoms with Crippen LogP contribution in [0.4, 0.5) is 0 Å². The van der Waals surface area contributed by atoms with Crippen molar-refractivity contribution in [1.82, 2.24) is 0 Å². The minimum Gasteiger partial charge on any atom is -0.110 e. The van der Waals surface area contributed by atoms with E-state index in [1.165, 1.54) is 0 Å². The van der Waals surface area contributed by atoms with Crippen LogP contribution in [0.25, 0.3) is 0 Å². The predicted octanol–water partition coefficient (Wildman–Crippen LogP) is 3.12. The standard InChI is InChI=1S/C3Cl5/c4-1-2(5,6)3(1,7)8. The highest BCUT2D eigenvalue weighted by molar-refractivity contribution is 6.77. The van der Waals surface area contributed by atoms with Crippen LogP contribution in [0.1, 0.15) is 0 Å². The Hall–Kier alpha value is 1.45. The van der Waals surface area contributed by atoms with E-state index in [1.807, 2.05) is 0 Å². The van der Waals surface area contributed by atoms with Crippen molar-refractivity contribution in [2.75, 3.05) is 0 Å². The Labute approximate surface area is 72.0 Å². The van der Waals surface area contributed by atoms with E-state index in [0.717, 1.165) is 0 Å². The van der Waals surface area contributed by atoms with Crippen molar-refractivity contribution in [3.8, 4) is 0 Å². The third-order valence-electron chi connectivity index (χ3n) is 0.883. The van der Waals surface area contributed by atoms with E-state index < -0.39 is 8.67 Å². The van der Waals surface area contributed by atoms with Gasteiger partial charge in [-0.1, -0.05) is 46.4 Å². The van der Waals surface area contributed by atoms with Crippen LogP contribution in [-0.4, -0.2) is 8.67 Å². The molecule has 1 radical (unpaired) electrons. The van der Waals surface area contributed by atoms with Gasteiger partial charge in [0.15, 0.2) is 8.67 Å². The summed E-state index contributed by atoms with van der Waals surface area (Å²) in [4.78, 5) is 0. The molecule has 0 heterocycles. The van der Waals surface area contributed by atoms with Crippen LogP contribution < -0.4 is 0 Å². The van der Waals surface area contributed by atoms with Crippen LogP contribution >= 0.6 is 58.0 Å². The molecule has 0 aromatic carbocycles. The summed E-state index contributed by atoms with van der Waals surface area (Å²) >= 11 is 27.0. The molecule has 0 spiro atoms. The lowest BCUT2D eigenvalue weighted by molar-refractivity contribution is 1.29. The molecule has 8 heavy (non-hydrogen) atoms. The normalized spacial score (nSPS) is 32.6. The molecule has 0 N–H and O–H groups in total. The zero-order chi connectivity index (χ0) is 6.58. The lowest BCUT2D eigenvalue weighted by atomic mass is 10.9. The first-order chi connectivity index (χ1) is 3.40. The topological polar surface area (TPSA) is 0 Å². The van der Waals surface area contributed by atoms with Gasteiger partial charge >= 0.3 is 0 Å². The molecule has 0 unspecified atom stereocenters. The summed E-state index contributed by atoms with van der Waals surface area (Å²) < 4.78 is -2.48. The van der Waals surface area contributed by atoms with E-state index in [2.05, 4.69) is 0 Å². The fourth-order valence-corrected chi connectivity index (χ4v) is 1.64. The van der Waals surface area contributed by atoms with E-state index in [9.17, 15) is 0 Å². The molecule has 0 saturated heterocycles. The van der Waals surface area contributed by atoms with Gasteiger partial charge in [-0.15, -0.1) is 11.6 Å². The van der Waals surface area contributed by atoms with Gasteiger partial charge in [0, 0.05) is 0 Å². The fourth-order valence-electron chi connectivity index (χ4n) is 0.261. The van der Waals surface area contributed by atoms with Crippen LogP contribution in [0.2, 0.25) is 0 Å². The van der Waals surface area contributed by atoms with Crippen molar-refractivity contribution in [3.05, 3.63) is 5.38 Å². The summed E-state index contributed by atoms with van der Waals surface area (Å²) in [5, 5.41) is 0.177. The number of rotatable bonds is 0. The van der Waals surface area contributed by atoms with Gasteiger partial charge in [0.05, 0.1) is 0 Å². The smallest absolute Gasteiger partial charge is 0.110 e. The summed E-state index contributed by atoms with van der Waals surface area (Å²) in [5.74, 6) is 0. The van der Waals surface area contributed by atoms with Crippen LogP contribution in [0.5, 0.6) is 0 Å². The quantitative estimate of drug-likeness (QED) is 0.542. The van der Waals surface area contributed by atoms with Crippen LogP contribution in [0.3, 0.4) is 0 Å². The average molecular weight is 213 g/mol. The number of hydrogen-bond donors (Lipinski definition) is 0. The fraction of sp³-hybridized carbons (Fsp3) is 0.667. The molecule has 1 aliphatic rings. The van der Waals surface area contributed by atoms with Gasteiger partial charge in [-0.2, -0.15) is 0 Å². The zero-order valence-electron chi connectivity index (χ0n) is 3.39. The first-order valence-corrected chi connectivity index (χ1v) is 3.58. The summed E-state index contributed by atoms with van der Waals surface area (Å²) in [7, 11) is 0.